The van der Waals surface area contributed by atoms with Crippen LogP contribution in [0.15, 0.2) is 4.42 Å². The molecule has 1 rings (SSSR count). The number of aryl methyl sites for hydroxylation is 1. The maximum absolute atomic E-state index is 11.8. The molecule has 1 aromatic rings. The van der Waals surface area contributed by atoms with Crippen LogP contribution in [0.25, 0.3) is 0 Å². The van der Waals surface area contributed by atoms with Gasteiger partial charge in [0.1, 0.15) is 6.04 Å². The van der Waals surface area contributed by atoms with Crippen LogP contribution in [-0.4, -0.2) is 25.2 Å². The van der Waals surface area contributed by atoms with Crippen molar-refractivity contribution in [3.05, 3.63) is 11.8 Å². The predicted octanol–water partition coefficient (Wildman–Crippen LogP) is 1.30. The average Bonchev–Trinajstić information content (AvgIpc) is 2.71. The molecule has 0 aromatic carbocycles. The minimum atomic E-state index is -3.56. The van der Waals surface area contributed by atoms with Crippen molar-refractivity contribution < 1.29 is 12.8 Å². The fourth-order valence-corrected chi connectivity index (χ4v) is 2.72. The Bertz CT molecular complexity index is 484. The van der Waals surface area contributed by atoms with Crippen LogP contribution < -0.4 is 9.44 Å². The van der Waals surface area contributed by atoms with Gasteiger partial charge >= 0.3 is 0 Å². The van der Waals surface area contributed by atoms with E-state index in [2.05, 4.69) is 19.6 Å². The van der Waals surface area contributed by atoms with Gasteiger partial charge in [0, 0.05) is 13.5 Å². The lowest BCUT2D eigenvalue weighted by Gasteiger charge is -2.17. The molecule has 0 spiro atoms. The normalized spacial score (nSPS) is 13.9. The van der Waals surface area contributed by atoms with E-state index < -0.39 is 16.3 Å². The second-order valence-electron chi connectivity index (χ2n) is 4.86. The van der Waals surface area contributed by atoms with E-state index in [1.165, 1.54) is 0 Å². The lowest BCUT2D eigenvalue weighted by Crippen LogP contribution is -2.39. The zero-order chi connectivity index (χ0) is 14.5. The van der Waals surface area contributed by atoms with Crippen LogP contribution in [0.2, 0.25) is 0 Å². The fourth-order valence-electron chi connectivity index (χ4n) is 1.59. The number of hydrogen-bond acceptors (Lipinski definition) is 5. The number of rotatable bonds is 8. The van der Waals surface area contributed by atoms with Gasteiger partial charge in [-0.25, -0.2) is 4.72 Å². The molecule has 19 heavy (non-hydrogen) atoms. The average molecular weight is 290 g/mol. The highest BCUT2D eigenvalue weighted by molar-refractivity contribution is 7.87. The van der Waals surface area contributed by atoms with Crippen LogP contribution in [0.5, 0.6) is 0 Å². The fraction of sp³-hybridized carbons (Fsp3) is 0.818. The second-order valence-corrected chi connectivity index (χ2v) is 6.39. The van der Waals surface area contributed by atoms with Gasteiger partial charge in [0.05, 0.1) is 0 Å². The molecule has 110 valence electrons. The first kappa shape index (κ1) is 16.1. The molecule has 0 aliphatic heterocycles. The third kappa shape index (κ3) is 5.66. The van der Waals surface area contributed by atoms with E-state index >= 15 is 0 Å². The van der Waals surface area contributed by atoms with Crippen molar-refractivity contribution in [1.29, 1.82) is 0 Å². The summed E-state index contributed by atoms with van der Waals surface area (Å²) in [5.41, 5.74) is 0. The number of aromatic nitrogens is 2. The van der Waals surface area contributed by atoms with Gasteiger partial charge in [-0.1, -0.05) is 20.8 Å². The molecule has 1 aromatic heterocycles. The molecule has 0 bridgehead atoms. The van der Waals surface area contributed by atoms with Gasteiger partial charge in [-0.2, -0.15) is 13.1 Å². The summed E-state index contributed by atoms with van der Waals surface area (Å²) in [7, 11) is -3.56. The van der Waals surface area contributed by atoms with Crippen molar-refractivity contribution >= 4 is 10.2 Å². The zero-order valence-corrected chi connectivity index (χ0v) is 12.6. The van der Waals surface area contributed by atoms with Crippen LogP contribution >= 0.6 is 0 Å². The summed E-state index contributed by atoms with van der Waals surface area (Å²) in [6, 6.07) is -0.504. The van der Waals surface area contributed by atoms with E-state index in [0.717, 1.165) is 6.42 Å². The molecule has 0 radical (unpaired) electrons. The molecule has 2 N–H and O–H groups in total. The number of hydrogen-bond donors (Lipinski definition) is 2. The standard InChI is InChI=1S/C11H22N4O3S/c1-5-6-12-19(16,17)15-10(7-8(2)3)11-14-13-9(4)18-11/h8,10,12,15H,5-7H2,1-4H3. The lowest BCUT2D eigenvalue weighted by molar-refractivity contribution is 0.371. The molecule has 8 heteroatoms. The third-order valence-corrected chi connectivity index (χ3v) is 3.57. The molecule has 0 aliphatic carbocycles. The van der Waals surface area contributed by atoms with Crippen molar-refractivity contribution in [1.82, 2.24) is 19.6 Å². The Balaban J connectivity index is 2.81. The molecular weight excluding hydrogens is 268 g/mol. The quantitative estimate of drug-likeness (QED) is 0.752. The highest BCUT2D eigenvalue weighted by atomic mass is 32.2. The summed E-state index contributed by atoms with van der Waals surface area (Å²) in [6.07, 6.45) is 1.32. The van der Waals surface area contributed by atoms with Crippen molar-refractivity contribution in [2.24, 2.45) is 5.92 Å². The van der Waals surface area contributed by atoms with E-state index in [1.807, 2.05) is 20.8 Å². The first-order valence-electron chi connectivity index (χ1n) is 6.41. The molecule has 0 fully saturated rings. The van der Waals surface area contributed by atoms with Crippen LogP contribution in [0, 0.1) is 12.8 Å². The Labute approximate surface area is 114 Å². The van der Waals surface area contributed by atoms with E-state index in [4.69, 9.17) is 4.42 Å². The summed E-state index contributed by atoms with van der Waals surface area (Å²) < 4.78 is 34.0. The predicted molar refractivity (Wildman–Crippen MR) is 71.6 cm³/mol. The zero-order valence-electron chi connectivity index (χ0n) is 11.8. The second kappa shape index (κ2) is 6.97. The van der Waals surface area contributed by atoms with E-state index in [1.54, 1.807) is 6.92 Å². The minimum Gasteiger partial charge on any atom is -0.424 e. The summed E-state index contributed by atoms with van der Waals surface area (Å²) in [5, 5.41) is 7.63. The van der Waals surface area contributed by atoms with Crippen molar-refractivity contribution in [3.8, 4) is 0 Å². The molecule has 1 unspecified atom stereocenters. The molecular formula is C11H22N4O3S. The summed E-state index contributed by atoms with van der Waals surface area (Å²) >= 11 is 0. The molecule has 0 saturated heterocycles. The van der Waals surface area contributed by atoms with E-state index in [-0.39, 0.29) is 0 Å². The van der Waals surface area contributed by atoms with Gasteiger partial charge in [0.2, 0.25) is 11.8 Å². The molecule has 0 aliphatic rings. The molecule has 0 saturated carbocycles. The third-order valence-electron chi connectivity index (χ3n) is 2.39. The van der Waals surface area contributed by atoms with Gasteiger partial charge in [-0.15, -0.1) is 10.2 Å². The smallest absolute Gasteiger partial charge is 0.277 e. The Morgan fingerprint density at radius 3 is 2.47 bits per heavy atom. The van der Waals surface area contributed by atoms with Gasteiger partial charge in [0.15, 0.2) is 0 Å². The lowest BCUT2D eigenvalue weighted by atomic mass is 10.0. The molecule has 7 nitrogen and oxygen atoms in total. The van der Waals surface area contributed by atoms with Crippen LogP contribution in [0.1, 0.15) is 51.4 Å². The Kier molecular flexibility index (Phi) is 5.89. The minimum absolute atomic E-state index is 0.297. The SMILES string of the molecule is CCCNS(=O)(=O)NC(CC(C)C)c1nnc(C)o1. The molecule has 0 amide bonds. The van der Waals surface area contributed by atoms with Gasteiger partial charge in [0.25, 0.3) is 10.2 Å². The number of nitrogens with zero attached hydrogens (tertiary/aromatic N) is 2. The Hall–Kier alpha value is -0.990. The maximum atomic E-state index is 11.8. The van der Waals surface area contributed by atoms with Crippen molar-refractivity contribution in [2.45, 2.75) is 46.6 Å². The molecule has 1 heterocycles. The van der Waals surface area contributed by atoms with Crippen molar-refractivity contribution in [2.75, 3.05) is 6.54 Å². The van der Waals surface area contributed by atoms with Crippen molar-refractivity contribution in [3.63, 3.8) is 0 Å². The Morgan fingerprint density at radius 1 is 1.32 bits per heavy atom. The van der Waals surface area contributed by atoms with Crippen LogP contribution in [0.4, 0.5) is 0 Å². The molecule has 1 atom stereocenters. The maximum Gasteiger partial charge on any atom is 0.277 e. The summed E-state index contributed by atoms with van der Waals surface area (Å²) in [5.74, 6) is 1.02. The largest absolute Gasteiger partial charge is 0.424 e. The van der Waals surface area contributed by atoms with Crippen LogP contribution in [0.3, 0.4) is 0 Å². The van der Waals surface area contributed by atoms with Gasteiger partial charge in [-0.05, 0) is 18.8 Å². The first-order valence-corrected chi connectivity index (χ1v) is 7.89. The van der Waals surface area contributed by atoms with E-state index in [0.29, 0.717) is 30.7 Å². The first-order chi connectivity index (χ1) is 8.84. The summed E-state index contributed by atoms with van der Waals surface area (Å²) in [4.78, 5) is 0. The summed E-state index contributed by atoms with van der Waals surface area (Å²) in [6.45, 7) is 7.98. The topological polar surface area (TPSA) is 97.1 Å². The highest BCUT2D eigenvalue weighted by Gasteiger charge is 2.24. The Morgan fingerprint density at radius 2 is 2.00 bits per heavy atom. The number of nitrogens with one attached hydrogen (secondary N) is 2. The highest BCUT2D eigenvalue weighted by Crippen LogP contribution is 2.20. The van der Waals surface area contributed by atoms with Crippen LogP contribution in [-0.2, 0) is 10.2 Å². The van der Waals surface area contributed by atoms with Gasteiger partial charge < -0.3 is 4.42 Å². The van der Waals surface area contributed by atoms with Gasteiger partial charge in [-0.3, -0.25) is 0 Å². The van der Waals surface area contributed by atoms with E-state index in [9.17, 15) is 8.42 Å². The monoisotopic (exact) mass is 290 g/mol.